The van der Waals surface area contributed by atoms with Crippen molar-refractivity contribution in [3.63, 3.8) is 0 Å². The summed E-state index contributed by atoms with van der Waals surface area (Å²) in [6.07, 6.45) is 1.12. The Balaban J connectivity index is 2.07. The van der Waals surface area contributed by atoms with Crippen molar-refractivity contribution >= 4 is 11.7 Å². The first-order valence-electron chi connectivity index (χ1n) is 11.2. The minimum absolute atomic E-state index is 0.0796. The number of hydrogen-bond acceptors (Lipinski definition) is 5. The first-order valence-corrected chi connectivity index (χ1v) is 11.2. The summed E-state index contributed by atoms with van der Waals surface area (Å²) in [5.41, 5.74) is 3.07. The molecule has 1 aliphatic rings. The predicted molar refractivity (Wildman–Crippen MR) is 126 cm³/mol. The number of methoxy groups -OCH3 is 1. The Hall–Kier alpha value is -2.67. The van der Waals surface area contributed by atoms with E-state index in [0.29, 0.717) is 12.2 Å². The van der Waals surface area contributed by atoms with Crippen LogP contribution in [-0.4, -0.2) is 53.9 Å². The second-order valence-corrected chi connectivity index (χ2v) is 9.82. The molecule has 3 rings (SSSR count). The van der Waals surface area contributed by atoms with E-state index in [1.807, 2.05) is 39.8 Å². The maximum Gasteiger partial charge on any atom is 0.223 e. The molecule has 0 unspecified atom stereocenters. The van der Waals surface area contributed by atoms with Crippen molar-refractivity contribution in [2.75, 3.05) is 27.7 Å². The molecular formula is C25H36N4O3. The van der Waals surface area contributed by atoms with E-state index in [4.69, 9.17) is 9.72 Å². The lowest BCUT2D eigenvalue weighted by molar-refractivity contribution is -0.127. The number of fused-ring (bicyclic) bond motifs is 1. The summed E-state index contributed by atoms with van der Waals surface area (Å²) in [5, 5.41) is 2.72. The third kappa shape index (κ3) is 4.88. The van der Waals surface area contributed by atoms with E-state index in [-0.39, 0.29) is 23.5 Å². The average Bonchev–Trinajstić information content (AvgIpc) is 2.97. The van der Waals surface area contributed by atoms with Gasteiger partial charge in [0.2, 0.25) is 5.91 Å². The molecule has 0 saturated carbocycles. The van der Waals surface area contributed by atoms with Gasteiger partial charge in [0, 0.05) is 32.1 Å². The van der Waals surface area contributed by atoms with Gasteiger partial charge < -0.3 is 19.5 Å². The summed E-state index contributed by atoms with van der Waals surface area (Å²) < 4.78 is 7.59. The highest BCUT2D eigenvalue weighted by molar-refractivity contribution is 5.99. The molecular weight excluding hydrogens is 404 g/mol. The number of hydrogen-bond donors (Lipinski definition) is 1. The number of ether oxygens (including phenoxy) is 1. The van der Waals surface area contributed by atoms with Gasteiger partial charge in [-0.15, -0.1) is 0 Å². The number of aromatic nitrogens is 2. The number of carbonyl (C=O) groups excluding carboxylic acids is 2. The first kappa shape index (κ1) is 24.0. The summed E-state index contributed by atoms with van der Waals surface area (Å²) in [6, 6.07) is 5.99. The topological polar surface area (TPSA) is 76.5 Å². The van der Waals surface area contributed by atoms with Crippen molar-refractivity contribution in [1.29, 1.82) is 0 Å². The summed E-state index contributed by atoms with van der Waals surface area (Å²) in [5.74, 6) is 1.01. The zero-order valence-corrected chi connectivity index (χ0v) is 20.4. The molecule has 1 N–H and O–H groups in total. The fourth-order valence-electron chi connectivity index (χ4n) is 4.43. The first-order chi connectivity index (χ1) is 15.1. The highest BCUT2D eigenvalue weighted by Gasteiger charge is 2.35. The summed E-state index contributed by atoms with van der Waals surface area (Å²) in [4.78, 5) is 33.2. The molecule has 0 saturated heterocycles. The van der Waals surface area contributed by atoms with Gasteiger partial charge in [-0.3, -0.25) is 9.59 Å². The molecule has 174 valence electrons. The molecule has 7 nitrogen and oxygen atoms in total. The number of amides is 1. The number of carbonyl (C=O) groups is 2. The SMILES string of the molecule is CNC(=O)[C@@H](CC(=O)c1nc(-c2ccc(OC)c(C)c2)n2c1CN(C)CCC2)C(C)(C)C. The molecule has 1 aromatic carbocycles. The highest BCUT2D eigenvalue weighted by atomic mass is 16.5. The molecule has 1 aromatic heterocycles. The molecule has 2 aromatic rings. The van der Waals surface area contributed by atoms with E-state index >= 15 is 0 Å². The van der Waals surface area contributed by atoms with Gasteiger partial charge in [-0.25, -0.2) is 4.98 Å². The minimum Gasteiger partial charge on any atom is -0.496 e. The minimum atomic E-state index is -0.424. The van der Waals surface area contributed by atoms with Crippen LogP contribution in [0.2, 0.25) is 0 Å². The lowest BCUT2D eigenvalue weighted by atomic mass is 9.77. The van der Waals surface area contributed by atoms with Gasteiger partial charge >= 0.3 is 0 Å². The number of rotatable bonds is 6. The van der Waals surface area contributed by atoms with Crippen molar-refractivity contribution in [2.24, 2.45) is 11.3 Å². The van der Waals surface area contributed by atoms with Gasteiger partial charge in [0.1, 0.15) is 17.3 Å². The molecule has 0 fully saturated rings. The molecule has 1 amide bonds. The van der Waals surface area contributed by atoms with E-state index < -0.39 is 5.92 Å². The van der Waals surface area contributed by atoms with Crippen molar-refractivity contribution in [1.82, 2.24) is 19.8 Å². The predicted octanol–water partition coefficient (Wildman–Crippen LogP) is 3.68. The zero-order chi connectivity index (χ0) is 23.6. The number of ketones is 1. The smallest absolute Gasteiger partial charge is 0.223 e. The van der Waals surface area contributed by atoms with E-state index in [9.17, 15) is 9.59 Å². The van der Waals surface area contributed by atoms with Crippen LogP contribution in [0.1, 0.15) is 55.4 Å². The van der Waals surface area contributed by atoms with E-state index in [1.54, 1.807) is 14.2 Å². The van der Waals surface area contributed by atoms with Gasteiger partial charge in [-0.2, -0.15) is 0 Å². The number of aryl methyl sites for hydroxylation is 1. The van der Waals surface area contributed by atoms with Crippen molar-refractivity contribution in [3.05, 3.63) is 35.2 Å². The number of Topliss-reactive ketones (excluding diaryl/α,β-unsaturated/α-hetero) is 1. The maximum absolute atomic E-state index is 13.5. The Morgan fingerprint density at radius 3 is 2.56 bits per heavy atom. The molecule has 1 aliphatic heterocycles. The van der Waals surface area contributed by atoms with Crippen LogP contribution in [0.5, 0.6) is 5.75 Å². The van der Waals surface area contributed by atoms with Crippen molar-refractivity contribution in [2.45, 2.75) is 53.6 Å². The summed E-state index contributed by atoms with van der Waals surface area (Å²) in [6.45, 7) is 10.4. The van der Waals surface area contributed by atoms with Crippen LogP contribution in [0.25, 0.3) is 11.4 Å². The zero-order valence-electron chi connectivity index (χ0n) is 20.4. The molecule has 0 spiro atoms. The van der Waals surface area contributed by atoms with Gasteiger partial charge in [0.25, 0.3) is 0 Å². The monoisotopic (exact) mass is 440 g/mol. The highest BCUT2D eigenvalue weighted by Crippen LogP contribution is 2.33. The fourth-order valence-corrected chi connectivity index (χ4v) is 4.43. The Morgan fingerprint density at radius 2 is 1.97 bits per heavy atom. The Kier molecular flexibility index (Phi) is 7.08. The van der Waals surface area contributed by atoms with Crippen molar-refractivity contribution in [3.8, 4) is 17.1 Å². The Morgan fingerprint density at radius 1 is 1.25 bits per heavy atom. The van der Waals surface area contributed by atoms with Crippen LogP contribution in [0.15, 0.2) is 18.2 Å². The Labute approximate surface area is 191 Å². The number of imidazole rings is 1. The summed E-state index contributed by atoms with van der Waals surface area (Å²) >= 11 is 0. The van der Waals surface area contributed by atoms with Gasteiger partial charge in [0.15, 0.2) is 5.78 Å². The molecule has 0 aliphatic carbocycles. The number of nitrogens with one attached hydrogen (secondary N) is 1. The fraction of sp³-hybridized carbons (Fsp3) is 0.560. The van der Waals surface area contributed by atoms with E-state index in [0.717, 1.165) is 47.9 Å². The molecule has 2 heterocycles. The molecule has 7 heteroatoms. The van der Waals surface area contributed by atoms with Crippen LogP contribution in [-0.2, 0) is 17.9 Å². The van der Waals surface area contributed by atoms with Gasteiger partial charge in [0.05, 0.1) is 18.7 Å². The van der Waals surface area contributed by atoms with Crippen LogP contribution in [0.3, 0.4) is 0 Å². The second kappa shape index (κ2) is 9.45. The Bertz CT molecular complexity index is 1000. The van der Waals surface area contributed by atoms with Crippen LogP contribution in [0.4, 0.5) is 0 Å². The maximum atomic E-state index is 13.5. The van der Waals surface area contributed by atoms with Crippen molar-refractivity contribution < 1.29 is 14.3 Å². The summed E-state index contributed by atoms with van der Waals surface area (Å²) in [7, 11) is 5.35. The quantitative estimate of drug-likeness (QED) is 0.694. The van der Waals surface area contributed by atoms with E-state index in [1.165, 1.54) is 0 Å². The third-order valence-corrected chi connectivity index (χ3v) is 6.33. The van der Waals surface area contributed by atoms with Gasteiger partial charge in [-0.1, -0.05) is 20.8 Å². The third-order valence-electron chi connectivity index (χ3n) is 6.33. The lowest BCUT2D eigenvalue weighted by Crippen LogP contribution is -2.37. The normalized spacial score (nSPS) is 15.6. The average molecular weight is 441 g/mol. The van der Waals surface area contributed by atoms with Crippen LogP contribution in [0, 0.1) is 18.3 Å². The van der Waals surface area contributed by atoms with Crippen LogP contribution >= 0.6 is 0 Å². The number of nitrogens with zero attached hydrogens (tertiary/aromatic N) is 3. The molecule has 0 bridgehead atoms. The lowest BCUT2D eigenvalue weighted by Gasteiger charge is -2.28. The molecule has 32 heavy (non-hydrogen) atoms. The van der Waals surface area contributed by atoms with Gasteiger partial charge in [-0.05, 0) is 56.1 Å². The molecule has 0 radical (unpaired) electrons. The van der Waals surface area contributed by atoms with Crippen LogP contribution < -0.4 is 10.1 Å². The largest absolute Gasteiger partial charge is 0.496 e. The van der Waals surface area contributed by atoms with E-state index in [2.05, 4.69) is 27.9 Å². The molecule has 1 atom stereocenters. The number of benzene rings is 1. The standard InChI is InChI=1S/C25H36N4O3/c1-16-13-17(9-10-21(16)32-7)23-27-22(19-15-28(6)11-8-12-29(19)23)20(30)14-18(24(31)26-5)25(2,3)4/h9-10,13,18H,8,11-12,14-15H2,1-7H3,(H,26,31)/t18-/m1/s1. The second-order valence-electron chi connectivity index (χ2n) is 9.82.